The molecule has 0 bridgehead atoms. The fraction of sp³-hybridized carbons (Fsp3) is 0.429. The summed E-state index contributed by atoms with van der Waals surface area (Å²) >= 11 is 0. The third kappa shape index (κ3) is 4.16. The second kappa shape index (κ2) is 9.03. The highest BCUT2D eigenvalue weighted by Gasteiger charge is 2.44. The third-order valence-electron chi connectivity index (χ3n) is 7.32. The highest BCUT2D eigenvalue weighted by molar-refractivity contribution is 5.88. The SMILES string of the molecule is Cc1cccc(C2(C(=O)N3CCCC(Cc4ccc5ncccc5c4)C3)CCOCC2)c1. The van der Waals surface area contributed by atoms with Gasteiger partial charge in [0, 0.05) is 37.9 Å². The van der Waals surface area contributed by atoms with Gasteiger partial charge in [0.1, 0.15) is 0 Å². The molecule has 0 N–H and O–H groups in total. The summed E-state index contributed by atoms with van der Waals surface area (Å²) in [5.74, 6) is 0.801. The number of hydrogen-bond acceptors (Lipinski definition) is 3. The zero-order valence-corrected chi connectivity index (χ0v) is 18.9. The molecule has 0 saturated carbocycles. The molecule has 2 saturated heterocycles. The molecule has 3 aromatic rings. The van der Waals surface area contributed by atoms with Crippen LogP contribution in [0.4, 0.5) is 0 Å². The Balaban J connectivity index is 1.35. The number of hydrogen-bond donors (Lipinski definition) is 0. The number of likely N-dealkylation sites (tertiary alicyclic amines) is 1. The van der Waals surface area contributed by atoms with Gasteiger partial charge >= 0.3 is 0 Å². The highest BCUT2D eigenvalue weighted by atomic mass is 16.5. The lowest BCUT2D eigenvalue weighted by Gasteiger charge is -2.43. The van der Waals surface area contributed by atoms with Crippen LogP contribution in [0.5, 0.6) is 0 Å². The van der Waals surface area contributed by atoms with Crippen LogP contribution >= 0.6 is 0 Å². The van der Waals surface area contributed by atoms with Crippen molar-refractivity contribution in [3.8, 4) is 0 Å². The molecule has 2 aromatic carbocycles. The first-order valence-electron chi connectivity index (χ1n) is 11.9. The second-order valence-electron chi connectivity index (χ2n) is 9.56. The standard InChI is InChI=1S/C28H32N2O2/c1-21-5-2-8-25(17-21)28(11-15-32-16-12-28)27(31)30-14-4-6-23(20-30)18-22-9-10-26-24(19-22)7-3-13-29-26/h2-3,5,7-10,13,17,19,23H,4,6,11-12,14-16,18,20H2,1H3. The maximum Gasteiger partial charge on any atom is 0.233 e. The van der Waals surface area contributed by atoms with Crippen molar-refractivity contribution in [2.24, 2.45) is 5.92 Å². The van der Waals surface area contributed by atoms with Crippen molar-refractivity contribution >= 4 is 16.8 Å². The van der Waals surface area contributed by atoms with E-state index < -0.39 is 5.41 Å². The van der Waals surface area contributed by atoms with Gasteiger partial charge in [0.2, 0.25) is 5.91 Å². The third-order valence-corrected chi connectivity index (χ3v) is 7.32. The molecule has 4 heteroatoms. The maximum atomic E-state index is 14.0. The molecule has 1 aromatic heterocycles. The number of rotatable bonds is 4. The summed E-state index contributed by atoms with van der Waals surface area (Å²) in [7, 11) is 0. The molecule has 5 rings (SSSR count). The molecule has 4 nitrogen and oxygen atoms in total. The van der Waals surface area contributed by atoms with Gasteiger partial charge in [-0.3, -0.25) is 9.78 Å². The number of carbonyl (C=O) groups is 1. The fourth-order valence-corrected chi connectivity index (χ4v) is 5.59. The molecule has 1 atom stereocenters. The lowest BCUT2D eigenvalue weighted by molar-refractivity contribution is -0.143. The molecule has 1 unspecified atom stereocenters. The number of amides is 1. The smallest absolute Gasteiger partial charge is 0.233 e. The van der Waals surface area contributed by atoms with Crippen molar-refractivity contribution < 1.29 is 9.53 Å². The van der Waals surface area contributed by atoms with E-state index in [0.29, 0.717) is 25.0 Å². The Kier molecular flexibility index (Phi) is 5.97. The Morgan fingerprint density at radius 2 is 2.00 bits per heavy atom. The number of piperidine rings is 1. The number of nitrogens with zero attached hydrogens (tertiary/aromatic N) is 2. The highest BCUT2D eigenvalue weighted by Crippen LogP contribution is 2.38. The summed E-state index contributed by atoms with van der Waals surface area (Å²) < 4.78 is 5.67. The molecular formula is C28H32N2O2. The molecule has 2 aliphatic rings. The zero-order valence-electron chi connectivity index (χ0n) is 18.9. The molecule has 32 heavy (non-hydrogen) atoms. The Morgan fingerprint density at radius 3 is 2.84 bits per heavy atom. The van der Waals surface area contributed by atoms with Crippen LogP contribution in [0.1, 0.15) is 42.4 Å². The summed E-state index contributed by atoms with van der Waals surface area (Å²) in [5.41, 5.74) is 4.31. The summed E-state index contributed by atoms with van der Waals surface area (Å²) in [5, 5.41) is 1.19. The van der Waals surface area contributed by atoms with Crippen LogP contribution in [0.25, 0.3) is 10.9 Å². The van der Waals surface area contributed by atoms with Crippen LogP contribution < -0.4 is 0 Å². The number of pyridine rings is 1. The van der Waals surface area contributed by atoms with Gasteiger partial charge in [-0.2, -0.15) is 0 Å². The van der Waals surface area contributed by atoms with E-state index in [9.17, 15) is 4.79 Å². The Hall–Kier alpha value is -2.72. The van der Waals surface area contributed by atoms with E-state index in [2.05, 4.69) is 65.3 Å². The van der Waals surface area contributed by atoms with E-state index in [4.69, 9.17) is 4.74 Å². The Morgan fingerprint density at radius 1 is 1.12 bits per heavy atom. The molecule has 0 radical (unpaired) electrons. The number of aryl methyl sites for hydroxylation is 1. The minimum Gasteiger partial charge on any atom is -0.381 e. The number of carbonyl (C=O) groups excluding carboxylic acids is 1. The summed E-state index contributed by atoms with van der Waals surface area (Å²) in [6.07, 6.45) is 6.64. The first kappa shape index (κ1) is 21.1. The number of fused-ring (bicyclic) bond motifs is 1. The topological polar surface area (TPSA) is 42.4 Å². The average molecular weight is 429 g/mol. The monoisotopic (exact) mass is 428 g/mol. The number of benzene rings is 2. The van der Waals surface area contributed by atoms with Crippen LogP contribution in [0.2, 0.25) is 0 Å². The Labute approximate surface area is 190 Å². The largest absolute Gasteiger partial charge is 0.381 e. The predicted molar refractivity (Wildman–Crippen MR) is 128 cm³/mol. The van der Waals surface area contributed by atoms with Crippen LogP contribution in [0.15, 0.2) is 60.8 Å². The van der Waals surface area contributed by atoms with Gasteiger partial charge in [-0.1, -0.05) is 42.0 Å². The van der Waals surface area contributed by atoms with Crippen LogP contribution in [-0.4, -0.2) is 42.1 Å². The number of ether oxygens (including phenoxy) is 1. The van der Waals surface area contributed by atoms with Crippen molar-refractivity contribution in [2.75, 3.05) is 26.3 Å². The summed E-state index contributed by atoms with van der Waals surface area (Å²) in [6.45, 7) is 5.13. The van der Waals surface area contributed by atoms with Gasteiger partial charge in [0.05, 0.1) is 10.9 Å². The van der Waals surface area contributed by atoms with Gasteiger partial charge in [-0.15, -0.1) is 0 Å². The van der Waals surface area contributed by atoms with E-state index in [0.717, 1.165) is 49.9 Å². The minimum absolute atomic E-state index is 0.304. The Bertz CT molecular complexity index is 1100. The normalized spacial score (nSPS) is 20.9. The van der Waals surface area contributed by atoms with E-state index in [1.54, 1.807) is 0 Å². The van der Waals surface area contributed by atoms with Gasteiger partial charge in [-0.25, -0.2) is 0 Å². The molecule has 2 aliphatic heterocycles. The molecule has 1 amide bonds. The van der Waals surface area contributed by atoms with Crippen LogP contribution in [-0.2, 0) is 21.4 Å². The van der Waals surface area contributed by atoms with E-state index >= 15 is 0 Å². The molecule has 166 valence electrons. The van der Waals surface area contributed by atoms with Crippen molar-refractivity contribution in [3.63, 3.8) is 0 Å². The van der Waals surface area contributed by atoms with Gasteiger partial charge in [0.15, 0.2) is 0 Å². The molecule has 0 aliphatic carbocycles. The van der Waals surface area contributed by atoms with Crippen LogP contribution in [0.3, 0.4) is 0 Å². The molecular weight excluding hydrogens is 396 g/mol. The van der Waals surface area contributed by atoms with Crippen molar-refractivity contribution in [1.82, 2.24) is 9.88 Å². The van der Waals surface area contributed by atoms with Gasteiger partial charge in [0.25, 0.3) is 0 Å². The molecule has 0 spiro atoms. The first-order chi connectivity index (χ1) is 15.6. The lowest BCUT2D eigenvalue weighted by Crippen LogP contribution is -2.52. The zero-order chi connectivity index (χ0) is 22.0. The summed E-state index contributed by atoms with van der Waals surface area (Å²) in [6, 6.07) is 19.2. The van der Waals surface area contributed by atoms with E-state index in [-0.39, 0.29) is 0 Å². The fourth-order valence-electron chi connectivity index (χ4n) is 5.59. The maximum absolute atomic E-state index is 14.0. The lowest BCUT2D eigenvalue weighted by atomic mass is 9.72. The van der Waals surface area contributed by atoms with Gasteiger partial charge < -0.3 is 9.64 Å². The van der Waals surface area contributed by atoms with E-state index in [1.165, 1.54) is 22.9 Å². The molecule has 2 fully saturated rings. The predicted octanol–water partition coefficient (Wildman–Crippen LogP) is 5.07. The van der Waals surface area contributed by atoms with Crippen molar-refractivity contribution in [1.29, 1.82) is 0 Å². The van der Waals surface area contributed by atoms with Crippen molar-refractivity contribution in [3.05, 3.63) is 77.5 Å². The quantitative estimate of drug-likeness (QED) is 0.582. The van der Waals surface area contributed by atoms with Gasteiger partial charge in [-0.05, 0) is 74.3 Å². The molecule has 3 heterocycles. The average Bonchev–Trinajstić information content (AvgIpc) is 2.84. The van der Waals surface area contributed by atoms with Crippen molar-refractivity contribution in [2.45, 2.75) is 44.4 Å². The number of aromatic nitrogens is 1. The summed E-state index contributed by atoms with van der Waals surface area (Å²) in [4.78, 5) is 20.6. The minimum atomic E-state index is -0.444. The first-order valence-corrected chi connectivity index (χ1v) is 11.9. The second-order valence-corrected chi connectivity index (χ2v) is 9.56. The van der Waals surface area contributed by atoms with Crippen LogP contribution in [0, 0.1) is 12.8 Å². The van der Waals surface area contributed by atoms with E-state index in [1.807, 2.05) is 12.3 Å².